The van der Waals surface area contributed by atoms with Gasteiger partial charge in [-0.3, -0.25) is 4.90 Å². The first kappa shape index (κ1) is 16.5. The standard InChI is InChI=1S/C18H18BrN5/c1-2-9-20-17-16(19)12-21-18(23-17)22-15-7-5-14(6-8-15)13-24-10-3-4-11-24/h1,3-8,12H,9-11,13H2,(H2,20,21,22,23). The van der Waals surface area contributed by atoms with E-state index in [0.29, 0.717) is 18.3 Å². The molecule has 122 valence electrons. The fourth-order valence-corrected chi connectivity index (χ4v) is 2.75. The van der Waals surface area contributed by atoms with E-state index in [9.17, 15) is 0 Å². The largest absolute Gasteiger partial charge is 0.358 e. The zero-order valence-electron chi connectivity index (χ0n) is 13.2. The van der Waals surface area contributed by atoms with E-state index in [0.717, 1.165) is 29.8 Å². The predicted molar refractivity (Wildman–Crippen MR) is 101 cm³/mol. The highest BCUT2D eigenvalue weighted by atomic mass is 79.9. The minimum atomic E-state index is 0.412. The zero-order chi connectivity index (χ0) is 16.8. The Morgan fingerprint density at radius 2 is 1.96 bits per heavy atom. The van der Waals surface area contributed by atoms with Crippen molar-refractivity contribution >= 4 is 33.4 Å². The molecular formula is C18H18BrN5. The minimum Gasteiger partial charge on any atom is -0.358 e. The summed E-state index contributed by atoms with van der Waals surface area (Å²) in [6, 6.07) is 8.32. The summed E-state index contributed by atoms with van der Waals surface area (Å²) in [6.45, 7) is 3.43. The van der Waals surface area contributed by atoms with Crippen molar-refractivity contribution in [2.75, 3.05) is 30.3 Å². The molecule has 2 aromatic rings. The Bertz CT molecular complexity index is 756. The molecule has 0 atom stereocenters. The lowest BCUT2D eigenvalue weighted by molar-refractivity contribution is 0.345. The predicted octanol–water partition coefficient (Wildman–Crippen LogP) is 3.40. The molecule has 1 aliphatic heterocycles. The summed E-state index contributed by atoms with van der Waals surface area (Å²) in [4.78, 5) is 11.1. The van der Waals surface area contributed by atoms with E-state index in [2.05, 4.69) is 71.6 Å². The molecule has 2 heterocycles. The third-order valence-electron chi connectivity index (χ3n) is 3.61. The number of nitrogens with zero attached hydrogens (tertiary/aromatic N) is 3. The van der Waals surface area contributed by atoms with Gasteiger partial charge >= 0.3 is 0 Å². The van der Waals surface area contributed by atoms with Crippen LogP contribution in [0.15, 0.2) is 47.1 Å². The van der Waals surface area contributed by atoms with E-state index in [1.165, 1.54) is 5.56 Å². The highest BCUT2D eigenvalue weighted by molar-refractivity contribution is 9.10. The van der Waals surface area contributed by atoms with Crippen molar-refractivity contribution in [1.29, 1.82) is 0 Å². The smallest absolute Gasteiger partial charge is 0.229 e. The Morgan fingerprint density at radius 1 is 1.21 bits per heavy atom. The Kier molecular flexibility index (Phi) is 5.47. The van der Waals surface area contributed by atoms with Gasteiger partial charge in [-0.2, -0.15) is 4.98 Å². The van der Waals surface area contributed by atoms with Crippen LogP contribution in [0, 0.1) is 12.3 Å². The van der Waals surface area contributed by atoms with Crippen LogP contribution in [0.2, 0.25) is 0 Å². The summed E-state index contributed by atoms with van der Waals surface area (Å²) >= 11 is 3.40. The fourth-order valence-electron chi connectivity index (χ4n) is 2.42. The number of nitrogens with one attached hydrogen (secondary N) is 2. The quantitative estimate of drug-likeness (QED) is 0.591. The van der Waals surface area contributed by atoms with E-state index in [1.807, 2.05) is 12.1 Å². The van der Waals surface area contributed by atoms with Gasteiger partial charge in [0.25, 0.3) is 0 Å². The van der Waals surface area contributed by atoms with Gasteiger partial charge in [-0.25, -0.2) is 4.98 Å². The number of anilines is 3. The second-order valence-electron chi connectivity index (χ2n) is 5.44. The lowest BCUT2D eigenvalue weighted by Gasteiger charge is -2.15. The van der Waals surface area contributed by atoms with E-state index >= 15 is 0 Å². The molecule has 0 aliphatic carbocycles. The number of benzene rings is 1. The molecule has 1 aliphatic rings. The molecule has 0 saturated heterocycles. The van der Waals surface area contributed by atoms with Crippen LogP contribution in [-0.4, -0.2) is 34.5 Å². The molecule has 24 heavy (non-hydrogen) atoms. The van der Waals surface area contributed by atoms with E-state index in [1.54, 1.807) is 6.20 Å². The molecule has 0 saturated carbocycles. The molecule has 0 amide bonds. The third kappa shape index (κ3) is 4.34. The maximum absolute atomic E-state index is 5.27. The van der Waals surface area contributed by atoms with Gasteiger partial charge < -0.3 is 10.6 Å². The second kappa shape index (κ2) is 7.95. The van der Waals surface area contributed by atoms with Crippen molar-refractivity contribution in [3.05, 3.63) is 52.7 Å². The Hall–Kier alpha value is -2.36. The van der Waals surface area contributed by atoms with E-state index < -0.39 is 0 Å². The Morgan fingerprint density at radius 3 is 2.67 bits per heavy atom. The topological polar surface area (TPSA) is 53.1 Å². The Labute approximate surface area is 150 Å². The highest BCUT2D eigenvalue weighted by Gasteiger charge is 2.08. The number of hydrogen-bond acceptors (Lipinski definition) is 5. The maximum Gasteiger partial charge on any atom is 0.229 e. The molecule has 6 heteroatoms. The van der Waals surface area contributed by atoms with Crippen molar-refractivity contribution in [2.45, 2.75) is 6.54 Å². The second-order valence-corrected chi connectivity index (χ2v) is 6.29. The van der Waals surface area contributed by atoms with Crippen LogP contribution in [0.4, 0.5) is 17.5 Å². The van der Waals surface area contributed by atoms with Crippen LogP contribution in [0.25, 0.3) is 0 Å². The van der Waals surface area contributed by atoms with Crippen LogP contribution in [0.5, 0.6) is 0 Å². The van der Waals surface area contributed by atoms with Crippen molar-refractivity contribution in [1.82, 2.24) is 14.9 Å². The monoisotopic (exact) mass is 383 g/mol. The SMILES string of the molecule is C#CCNc1nc(Nc2ccc(CN3CC=CC3)cc2)ncc1Br. The number of hydrogen-bond donors (Lipinski definition) is 2. The number of aromatic nitrogens is 2. The van der Waals surface area contributed by atoms with Gasteiger partial charge in [-0.05, 0) is 33.6 Å². The molecule has 2 N–H and O–H groups in total. The molecular weight excluding hydrogens is 366 g/mol. The molecule has 0 unspecified atom stereocenters. The fraction of sp³-hybridized carbons (Fsp3) is 0.222. The molecule has 3 rings (SSSR count). The molecule has 0 bridgehead atoms. The van der Waals surface area contributed by atoms with Crippen LogP contribution < -0.4 is 10.6 Å². The van der Waals surface area contributed by atoms with Gasteiger partial charge in [0.1, 0.15) is 5.82 Å². The van der Waals surface area contributed by atoms with Crippen molar-refractivity contribution in [3.8, 4) is 12.3 Å². The number of halogens is 1. The van der Waals surface area contributed by atoms with Crippen LogP contribution in [0.3, 0.4) is 0 Å². The molecule has 0 radical (unpaired) electrons. The summed E-state index contributed by atoms with van der Waals surface area (Å²) in [5.41, 5.74) is 2.24. The normalized spacial score (nSPS) is 13.7. The van der Waals surface area contributed by atoms with E-state index in [-0.39, 0.29) is 0 Å². The lowest BCUT2D eigenvalue weighted by atomic mass is 10.2. The van der Waals surface area contributed by atoms with Crippen LogP contribution >= 0.6 is 15.9 Å². The average Bonchev–Trinajstić information content (AvgIpc) is 3.10. The summed E-state index contributed by atoms with van der Waals surface area (Å²) in [7, 11) is 0. The summed E-state index contributed by atoms with van der Waals surface area (Å²) in [5.74, 6) is 3.72. The summed E-state index contributed by atoms with van der Waals surface area (Å²) in [5, 5.41) is 6.26. The van der Waals surface area contributed by atoms with Crippen LogP contribution in [0.1, 0.15) is 5.56 Å². The Balaban J connectivity index is 1.64. The van der Waals surface area contributed by atoms with Crippen LogP contribution in [-0.2, 0) is 6.54 Å². The van der Waals surface area contributed by atoms with Gasteiger partial charge in [-0.15, -0.1) is 6.42 Å². The van der Waals surface area contributed by atoms with Gasteiger partial charge in [0.15, 0.2) is 0 Å². The van der Waals surface area contributed by atoms with Crippen molar-refractivity contribution < 1.29 is 0 Å². The van der Waals surface area contributed by atoms with E-state index in [4.69, 9.17) is 6.42 Å². The summed E-state index contributed by atoms with van der Waals surface area (Å²) in [6.07, 6.45) is 11.4. The van der Waals surface area contributed by atoms with Gasteiger partial charge in [0.05, 0.1) is 11.0 Å². The highest BCUT2D eigenvalue weighted by Crippen LogP contribution is 2.22. The first-order chi connectivity index (χ1) is 11.7. The first-order valence-electron chi connectivity index (χ1n) is 7.68. The zero-order valence-corrected chi connectivity index (χ0v) is 14.8. The van der Waals surface area contributed by atoms with Crippen molar-refractivity contribution in [3.63, 3.8) is 0 Å². The molecule has 1 aromatic carbocycles. The molecule has 1 aromatic heterocycles. The van der Waals surface area contributed by atoms with Gasteiger partial charge in [-0.1, -0.05) is 30.2 Å². The lowest BCUT2D eigenvalue weighted by Crippen LogP contribution is -2.18. The first-order valence-corrected chi connectivity index (χ1v) is 8.47. The molecule has 0 fully saturated rings. The average molecular weight is 384 g/mol. The van der Waals surface area contributed by atoms with Crippen molar-refractivity contribution in [2.24, 2.45) is 0 Å². The van der Waals surface area contributed by atoms with Gasteiger partial charge in [0, 0.05) is 31.5 Å². The minimum absolute atomic E-state index is 0.412. The molecule has 5 nitrogen and oxygen atoms in total. The third-order valence-corrected chi connectivity index (χ3v) is 4.19. The van der Waals surface area contributed by atoms with Gasteiger partial charge in [0.2, 0.25) is 5.95 Å². The maximum atomic E-state index is 5.27. The number of rotatable bonds is 6. The summed E-state index contributed by atoms with van der Waals surface area (Å²) < 4.78 is 0.776. The molecule has 0 spiro atoms. The number of terminal acetylenes is 1.